The Balaban J connectivity index is 1.65. The van der Waals surface area contributed by atoms with Crippen LogP contribution >= 0.6 is 0 Å². The number of hydrogen-bond donors (Lipinski definition) is 0. The molecular formula is C27H20N2O3. The number of carbonyl (C=O) groups is 3. The van der Waals surface area contributed by atoms with Crippen molar-refractivity contribution < 1.29 is 14.4 Å². The van der Waals surface area contributed by atoms with Crippen LogP contribution in [0.25, 0.3) is 0 Å². The Morgan fingerprint density at radius 1 is 0.719 bits per heavy atom. The number of ketones is 2. The van der Waals surface area contributed by atoms with E-state index in [1.807, 2.05) is 18.2 Å². The molecule has 1 heterocycles. The zero-order valence-corrected chi connectivity index (χ0v) is 17.2. The molecule has 3 aromatic carbocycles. The second-order valence-corrected chi connectivity index (χ2v) is 7.19. The molecule has 1 amide bonds. The van der Waals surface area contributed by atoms with Gasteiger partial charge in [0.15, 0.2) is 11.6 Å². The lowest BCUT2D eigenvalue weighted by Crippen LogP contribution is -2.31. The van der Waals surface area contributed by atoms with E-state index in [4.69, 9.17) is 0 Å². The van der Waals surface area contributed by atoms with Crippen molar-refractivity contribution in [3.63, 3.8) is 0 Å². The summed E-state index contributed by atoms with van der Waals surface area (Å²) in [4.78, 5) is 44.1. The third-order valence-corrected chi connectivity index (χ3v) is 4.95. The zero-order chi connectivity index (χ0) is 22.3. The van der Waals surface area contributed by atoms with Crippen LogP contribution in [-0.4, -0.2) is 28.7 Å². The van der Waals surface area contributed by atoms with Gasteiger partial charge in [0, 0.05) is 22.8 Å². The summed E-state index contributed by atoms with van der Waals surface area (Å²) >= 11 is 0. The lowest BCUT2D eigenvalue weighted by atomic mass is 10.0. The molecule has 0 unspecified atom stereocenters. The maximum Gasteiger partial charge on any atom is 0.263 e. The third-order valence-electron chi connectivity index (χ3n) is 4.95. The van der Waals surface area contributed by atoms with Crippen molar-refractivity contribution in [2.75, 3.05) is 0 Å². The van der Waals surface area contributed by atoms with Crippen LogP contribution in [0.4, 0.5) is 0 Å². The molecule has 1 aliphatic heterocycles. The van der Waals surface area contributed by atoms with Crippen LogP contribution in [0, 0.1) is 0 Å². The molecule has 0 bridgehead atoms. The van der Waals surface area contributed by atoms with Gasteiger partial charge in [0.1, 0.15) is 6.34 Å². The maximum atomic E-state index is 13.1. The number of aliphatic imine (C=N–C) groups is 1. The first kappa shape index (κ1) is 20.9. The average Bonchev–Trinajstić information content (AvgIpc) is 2.85. The van der Waals surface area contributed by atoms with E-state index in [0.29, 0.717) is 28.1 Å². The molecule has 156 valence electrons. The summed E-state index contributed by atoms with van der Waals surface area (Å²) in [6.07, 6.45) is 4.44. The average molecular weight is 420 g/mol. The summed E-state index contributed by atoms with van der Waals surface area (Å²) in [5.41, 5.74) is 2.39. The van der Waals surface area contributed by atoms with Crippen molar-refractivity contribution in [3.05, 3.63) is 131 Å². The number of amides is 1. The minimum Gasteiger partial charge on any atom is -0.294 e. The smallest absolute Gasteiger partial charge is 0.263 e. The number of benzene rings is 3. The molecule has 5 nitrogen and oxygen atoms in total. The predicted octanol–water partition coefficient (Wildman–Crippen LogP) is 5.09. The van der Waals surface area contributed by atoms with Crippen molar-refractivity contribution in [3.8, 4) is 0 Å². The van der Waals surface area contributed by atoms with E-state index in [2.05, 4.69) is 4.99 Å². The Kier molecular flexibility index (Phi) is 6.28. The van der Waals surface area contributed by atoms with Crippen LogP contribution in [0.1, 0.15) is 37.5 Å². The molecular weight excluding hydrogens is 400 g/mol. The summed E-state index contributed by atoms with van der Waals surface area (Å²) in [6, 6.07) is 26.5. The highest BCUT2D eigenvalue weighted by Crippen LogP contribution is 2.22. The highest BCUT2D eigenvalue weighted by molar-refractivity contribution is 6.08. The molecule has 4 rings (SSSR count). The molecule has 32 heavy (non-hydrogen) atoms. The number of Topliss-reactive ketones (excluding diaryl/α,β-unsaturated/α-hetero) is 1. The molecule has 0 aromatic heterocycles. The molecule has 5 heteroatoms. The first-order valence-electron chi connectivity index (χ1n) is 10.1. The summed E-state index contributed by atoms with van der Waals surface area (Å²) in [6.45, 7) is 0. The fourth-order valence-corrected chi connectivity index (χ4v) is 3.28. The Hall–Kier alpha value is -4.38. The Morgan fingerprint density at radius 2 is 1.25 bits per heavy atom. The molecule has 0 radical (unpaired) electrons. The normalized spacial score (nSPS) is 14.2. The van der Waals surface area contributed by atoms with Crippen molar-refractivity contribution in [2.24, 2.45) is 4.99 Å². The van der Waals surface area contributed by atoms with Gasteiger partial charge in [-0.15, -0.1) is 0 Å². The number of carbonyl (C=O) groups excluding carboxylic acids is 3. The van der Waals surface area contributed by atoms with Gasteiger partial charge in [-0.1, -0.05) is 78.9 Å². The largest absolute Gasteiger partial charge is 0.294 e. The van der Waals surface area contributed by atoms with E-state index in [-0.39, 0.29) is 23.9 Å². The number of hydrogen-bond acceptors (Lipinski definition) is 4. The Labute approximate surface area is 186 Å². The molecule has 0 spiro atoms. The van der Waals surface area contributed by atoms with Gasteiger partial charge in [-0.05, 0) is 18.2 Å². The summed E-state index contributed by atoms with van der Waals surface area (Å²) in [5.74, 6) is -0.650. The van der Waals surface area contributed by atoms with E-state index >= 15 is 0 Å². The fraction of sp³-hybridized carbons (Fsp3) is 0.0370. The van der Waals surface area contributed by atoms with Crippen LogP contribution in [0.3, 0.4) is 0 Å². The quantitative estimate of drug-likeness (QED) is 0.412. The highest BCUT2D eigenvalue weighted by atomic mass is 16.2. The van der Waals surface area contributed by atoms with E-state index in [1.165, 1.54) is 17.3 Å². The second kappa shape index (κ2) is 9.62. The number of allylic oxidation sites excluding steroid dienone is 3. The van der Waals surface area contributed by atoms with Crippen molar-refractivity contribution >= 4 is 23.8 Å². The first-order chi connectivity index (χ1) is 15.6. The molecule has 0 fully saturated rings. The summed E-state index contributed by atoms with van der Waals surface area (Å²) in [7, 11) is 0. The third kappa shape index (κ3) is 4.84. The van der Waals surface area contributed by atoms with E-state index in [1.54, 1.807) is 78.9 Å². The van der Waals surface area contributed by atoms with Gasteiger partial charge in [0.2, 0.25) is 0 Å². The van der Waals surface area contributed by atoms with Gasteiger partial charge in [0.25, 0.3) is 5.91 Å². The standard InChI is InChI=1S/C27H20N2O3/c30-25(20-10-4-1-5-11-20)17-23-16-24(18-26(31)21-12-6-2-7-13-21)29(19-28-23)27(32)22-14-8-3-9-15-22/h1-16,18-19H,17H2/b24-18+. The van der Waals surface area contributed by atoms with Crippen LogP contribution in [-0.2, 0) is 0 Å². The number of nitrogens with zero attached hydrogens (tertiary/aromatic N) is 2. The molecule has 0 aliphatic carbocycles. The van der Waals surface area contributed by atoms with Crippen molar-refractivity contribution in [2.45, 2.75) is 6.42 Å². The van der Waals surface area contributed by atoms with Gasteiger partial charge < -0.3 is 0 Å². The molecule has 1 aliphatic rings. The first-order valence-corrected chi connectivity index (χ1v) is 10.1. The Bertz CT molecular complexity index is 1230. The van der Waals surface area contributed by atoms with Gasteiger partial charge in [-0.3, -0.25) is 19.3 Å². The molecule has 0 saturated heterocycles. The lowest BCUT2D eigenvalue weighted by Gasteiger charge is -2.23. The molecule has 3 aromatic rings. The van der Waals surface area contributed by atoms with E-state index in [0.717, 1.165) is 0 Å². The monoisotopic (exact) mass is 420 g/mol. The summed E-state index contributed by atoms with van der Waals surface area (Å²) < 4.78 is 0. The van der Waals surface area contributed by atoms with Crippen LogP contribution in [0.2, 0.25) is 0 Å². The van der Waals surface area contributed by atoms with Gasteiger partial charge in [-0.2, -0.15) is 0 Å². The topological polar surface area (TPSA) is 66.8 Å². The summed E-state index contributed by atoms with van der Waals surface area (Å²) in [5, 5.41) is 0. The predicted molar refractivity (Wildman–Crippen MR) is 123 cm³/mol. The van der Waals surface area contributed by atoms with Crippen molar-refractivity contribution in [1.82, 2.24) is 4.90 Å². The SMILES string of the molecule is O=C(/C=C1\C=C(CC(=O)c2ccccc2)N=CN1C(=O)c1ccccc1)c1ccccc1. The zero-order valence-electron chi connectivity index (χ0n) is 17.2. The molecule has 0 N–H and O–H groups in total. The molecule has 0 saturated carbocycles. The maximum absolute atomic E-state index is 13.1. The van der Waals surface area contributed by atoms with E-state index < -0.39 is 0 Å². The highest BCUT2D eigenvalue weighted by Gasteiger charge is 2.22. The van der Waals surface area contributed by atoms with Crippen LogP contribution in [0.5, 0.6) is 0 Å². The minimum atomic E-state index is -0.314. The number of rotatable bonds is 6. The minimum absolute atomic E-state index is 0.0603. The van der Waals surface area contributed by atoms with Gasteiger partial charge in [0.05, 0.1) is 17.8 Å². The van der Waals surface area contributed by atoms with Crippen LogP contribution < -0.4 is 0 Å². The van der Waals surface area contributed by atoms with E-state index in [9.17, 15) is 14.4 Å². The fourth-order valence-electron chi connectivity index (χ4n) is 3.28. The lowest BCUT2D eigenvalue weighted by molar-refractivity contribution is 0.0883. The van der Waals surface area contributed by atoms with Crippen molar-refractivity contribution in [1.29, 1.82) is 0 Å². The van der Waals surface area contributed by atoms with Gasteiger partial charge >= 0.3 is 0 Å². The molecule has 0 atom stereocenters. The van der Waals surface area contributed by atoms with Gasteiger partial charge in [-0.25, -0.2) is 4.99 Å². The Morgan fingerprint density at radius 3 is 1.84 bits per heavy atom. The van der Waals surface area contributed by atoms with Crippen LogP contribution in [0.15, 0.2) is 120 Å². The second-order valence-electron chi connectivity index (χ2n) is 7.19.